The van der Waals surface area contributed by atoms with Crippen molar-refractivity contribution in [2.45, 2.75) is 38.3 Å². The van der Waals surface area contributed by atoms with Crippen molar-refractivity contribution in [3.8, 4) is 17.3 Å². The molecule has 1 aromatic heterocycles. The Balaban J connectivity index is 1.53. The molecular weight excluding hydrogens is 541 g/mol. The second-order valence-corrected chi connectivity index (χ2v) is 9.50. The molecule has 14 heteroatoms. The highest BCUT2D eigenvalue weighted by atomic mass is 19.1. The average molecular weight is 574 g/mol. The van der Waals surface area contributed by atoms with Crippen LogP contribution in [0, 0.1) is 5.82 Å². The van der Waals surface area contributed by atoms with E-state index in [9.17, 15) is 28.7 Å². The van der Waals surface area contributed by atoms with Crippen molar-refractivity contribution < 1.29 is 42.9 Å². The molecule has 0 radical (unpaired) electrons. The van der Waals surface area contributed by atoms with Gasteiger partial charge >= 0.3 is 12.1 Å². The molecule has 4 rings (SSSR count). The third-order valence-electron chi connectivity index (χ3n) is 6.58. The van der Waals surface area contributed by atoms with Crippen LogP contribution in [-0.4, -0.2) is 107 Å². The smallest absolute Gasteiger partial charge is 0.409 e. The van der Waals surface area contributed by atoms with Gasteiger partial charge in [-0.15, -0.1) is 0 Å². The standard InChI is InChI=1S/C27H32FN5O8/c1-2-40-27(38)33-12-10-32(11-13-33)26(37)20(7-8-23(34)35)30-25(36)21-15-22(41-19-9-14-39-16-19)31-24(29-21)17-3-5-18(28)6-4-17/h3-6,15,19-20H,2,7-14,16H2,1H3,(H,30,36)(H,34,35)/t19?,20-/m0/s1. The van der Waals surface area contributed by atoms with E-state index in [4.69, 9.17) is 14.2 Å². The molecule has 1 aromatic carbocycles. The average Bonchev–Trinajstić information content (AvgIpc) is 3.48. The molecule has 2 saturated heterocycles. The number of benzene rings is 1. The SMILES string of the molecule is CCOC(=O)N1CCN(C(=O)[C@H](CCC(=O)O)NC(=O)c2cc(OC3CCOC3)nc(-c3ccc(F)cc3)n2)CC1. The van der Waals surface area contributed by atoms with Crippen LogP contribution < -0.4 is 10.1 Å². The Morgan fingerprint density at radius 3 is 2.46 bits per heavy atom. The summed E-state index contributed by atoms with van der Waals surface area (Å²) < 4.78 is 29.8. The second-order valence-electron chi connectivity index (χ2n) is 9.50. The molecule has 3 heterocycles. The van der Waals surface area contributed by atoms with E-state index in [1.807, 2.05) is 0 Å². The Morgan fingerprint density at radius 1 is 1.12 bits per heavy atom. The molecule has 0 bridgehead atoms. The third-order valence-corrected chi connectivity index (χ3v) is 6.58. The highest BCUT2D eigenvalue weighted by Gasteiger charge is 2.31. The summed E-state index contributed by atoms with van der Waals surface area (Å²) in [6.45, 7) is 3.68. The van der Waals surface area contributed by atoms with E-state index in [-0.39, 0.29) is 69.1 Å². The molecule has 2 aliphatic rings. The van der Waals surface area contributed by atoms with E-state index in [0.717, 1.165) is 0 Å². The Morgan fingerprint density at radius 2 is 1.83 bits per heavy atom. The lowest BCUT2D eigenvalue weighted by molar-refractivity contribution is -0.138. The minimum Gasteiger partial charge on any atom is -0.481 e. The fraction of sp³-hybridized carbons (Fsp3) is 0.481. The summed E-state index contributed by atoms with van der Waals surface area (Å²) in [5.41, 5.74) is 0.319. The van der Waals surface area contributed by atoms with E-state index < -0.39 is 35.7 Å². The molecule has 41 heavy (non-hydrogen) atoms. The first kappa shape index (κ1) is 29.6. The molecular formula is C27H32FN5O8. The molecule has 2 aromatic rings. The van der Waals surface area contributed by atoms with Gasteiger partial charge in [0, 0.05) is 50.7 Å². The lowest BCUT2D eigenvalue weighted by atomic mass is 10.1. The lowest BCUT2D eigenvalue weighted by Crippen LogP contribution is -2.56. The summed E-state index contributed by atoms with van der Waals surface area (Å²) in [6.07, 6.45) is -0.637. The first-order chi connectivity index (χ1) is 19.7. The predicted octanol–water partition coefficient (Wildman–Crippen LogP) is 1.71. The number of hydrogen-bond donors (Lipinski definition) is 2. The van der Waals surface area contributed by atoms with Gasteiger partial charge in [0.05, 0.1) is 19.8 Å². The van der Waals surface area contributed by atoms with Gasteiger partial charge in [-0.2, -0.15) is 4.98 Å². The zero-order valence-corrected chi connectivity index (χ0v) is 22.6. The number of aliphatic carboxylic acids is 1. The van der Waals surface area contributed by atoms with Crippen LogP contribution in [0.5, 0.6) is 5.88 Å². The quantitative estimate of drug-likeness (QED) is 0.428. The number of halogens is 1. The molecule has 2 aliphatic heterocycles. The number of ether oxygens (including phenoxy) is 3. The van der Waals surface area contributed by atoms with Crippen molar-refractivity contribution in [3.63, 3.8) is 0 Å². The zero-order chi connectivity index (χ0) is 29.4. The van der Waals surface area contributed by atoms with Crippen molar-refractivity contribution >= 4 is 23.9 Å². The van der Waals surface area contributed by atoms with Gasteiger partial charge in [0.1, 0.15) is 23.7 Å². The summed E-state index contributed by atoms with van der Waals surface area (Å²) in [6, 6.07) is 5.56. The Bertz CT molecular complexity index is 1250. The van der Waals surface area contributed by atoms with E-state index in [1.165, 1.54) is 40.1 Å². The van der Waals surface area contributed by atoms with Crippen LogP contribution in [-0.2, 0) is 19.1 Å². The minimum absolute atomic E-state index is 0.100. The predicted molar refractivity (Wildman–Crippen MR) is 141 cm³/mol. The maximum Gasteiger partial charge on any atom is 0.409 e. The first-order valence-electron chi connectivity index (χ1n) is 13.4. The fourth-order valence-corrected chi connectivity index (χ4v) is 4.41. The molecule has 1 unspecified atom stereocenters. The van der Waals surface area contributed by atoms with E-state index >= 15 is 0 Å². The fourth-order valence-electron chi connectivity index (χ4n) is 4.41. The number of aromatic nitrogens is 2. The third kappa shape index (κ3) is 8.10. The monoisotopic (exact) mass is 573 g/mol. The van der Waals surface area contributed by atoms with Gasteiger partial charge in [0.25, 0.3) is 5.91 Å². The summed E-state index contributed by atoms with van der Waals surface area (Å²) in [7, 11) is 0. The van der Waals surface area contributed by atoms with Gasteiger partial charge in [0.2, 0.25) is 11.8 Å². The van der Waals surface area contributed by atoms with Gasteiger partial charge < -0.3 is 34.4 Å². The van der Waals surface area contributed by atoms with Crippen LogP contribution in [0.4, 0.5) is 9.18 Å². The van der Waals surface area contributed by atoms with Crippen molar-refractivity contribution in [1.82, 2.24) is 25.1 Å². The summed E-state index contributed by atoms with van der Waals surface area (Å²) in [5.74, 6) is -2.59. The summed E-state index contributed by atoms with van der Waals surface area (Å²) in [5, 5.41) is 11.9. The van der Waals surface area contributed by atoms with Crippen molar-refractivity contribution in [1.29, 1.82) is 0 Å². The Labute approximate surface area is 235 Å². The number of carbonyl (C=O) groups is 4. The van der Waals surface area contributed by atoms with Crippen LogP contribution in [0.15, 0.2) is 30.3 Å². The normalized spacial score (nSPS) is 17.6. The number of nitrogens with one attached hydrogen (secondary N) is 1. The number of rotatable bonds is 10. The largest absolute Gasteiger partial charge is 0.481 e. The van der Waals surface area contributed by atoms with Gasteiger partial charge in [-0.3, -0.25) is 14.4 Å². The van der Waals surface area contributed by atoms with Gasteiger partial charge in [0.15, 0.2) is 5.82 Å². The summed E-state index contributed by atoms with van der Waals surface area (Å²) >= 11 is 0. The number of nitrogens with zero attached hydrogens (tertiary/aromatic N) is 4. The molecule has 13 nitrogen and oxygen atoms in total. The van der Waals surface area contributed by atoms with Crippen LogP contribution in [0.25, 0.3) is 11.4 Å². The van der Waals surface area contributed by atoms with Gasteiger partial charge in [-0.25, -0.2) is 14.2 Å². The molecule has 2 fully saturated rings. The topological polar surface area (TPSA) is 160 Å². The maximum absolute atomic E-state index is 13.5. The first-order valence-corrected chi connectivity index (χ1v) is 13.4. The highest BCUT2D eigenvalue weighted by molar-refractivity contribution is 5.96. The highest BCUT2D eigenvalue weighted by Crippen LogP contribution is 2.22. The van der Waals surface area contributed by atoms with Crippen molar-refractivity contribution in [3.05, 3.63) is 41.8 Å². The molecule has 220 valence electrons. The number of hydrogen-bond acceptors (Lipinski definition) is 9. The summed E-state index contributed by atoms with van der Waals surface area (Å²) in [4.78, 5) is 61.7. The molecule has 2 atom stereocenters. The van der Waals surface area contributed by atoms with Crippen LogP contribution >= 0.6 is 0 Å². The van der Waals surface area contributed by atoms with Crippen LogP contribution in [0.2, 0.25) is 0 Å². The Hall–Kier alpha value is -4.33. The lowest BCUT2D eigenvalue weighted by Gasteiger charge is -2.35. The minimum atomic E-state index is -1.16. The van der Waals surface area contributed by atoms with Crippen LogP contribution in [0.3, 0.4) is 0 Å². The molecule has 0 spiro atoms. The molecule has 0 aliphatic carbocycles. The second kappa shape index (κ2) is 13.8. The number of amides is 3. The number of carboxylic acid groups (broad SMARTS) is 1. The van der Waals surface area contributed by atoms with Gasteiger partial charge in [-0.1, -0.05) is 0 Å². The number of carboxylic acids is 1. The molecule has 3 amide bonds. The zero-order valence-electron chi connectivity index (χ0n) is 22.6. The van der Waals surface area contributed by atoms with Crippen molar-refractivity contribution in [2.75, 3.05) is 46.0 Å². The molecule has 2 N–H and O–H groups in total. The van der Waals surface area contributed by atoms with E-state index in [0.29, 0.717) is 25.2 Å². The van der Waals surface area contributed by atoms with Crippen LogP contribution in [0.1, 0.15) is 36.7 Å². The van der Waals surface area contributed by atoms with Gasteiger partial charge in [-0.05, 0) is 37.6 Å². The maximum atomic E-state index is 13.5. The van der Waals surface area contributed by atoms with E-state index in [1.54, 1.807) is 6.92 Å². The molecule has 0 saturated carbocycles. The number of piperazine rings is 1. The number of carbonyl (C=O) groups excluding carboxylic acids is 3. The van der Waals surface area contributed by atoms with E-state index in [2.05, 4.69) is 15.3 Å². The van der Waals surface area contributed by atoms with Crippen molar-refractivity contribution in [2.24, 2.45) is 0 Å². The Kier molecular flexibility index (Phi) is 10.0.